The fourth-order valence-corrected chi connectivity index (χ4v) is 5.36. The molecule has 6 nitrogen and oxygen atoms in total. The summed E-state index contributed by atoms with van der Waals surface area (Å²) in [5.74, 6) is 0.259. The maximum atomic E-state index is 13.4. The molecule has 2 aromatic carbocycles. The van der Waals surface area contributed by atoms with Gasteiger partial charge in [0.2, 0.25) is 11.7 Å². The van der Waals surface area contributed by atoms with Gasteiger partial charge in [-0.3, -0.25) is 9.59 Å². The molecule has 2 heterocycles. The molecule has 0 radical (unpaired) electrons. The Morgan fingerprint density at radius 2 is 1.91 bits per heavy atom. The van der Waals surface area contributed by atoms with E-state index < -0.39 is 0 Å². The number of carbonyl (C=O) groups excluding carboxylic acids is 2. The molecule has 3 atom stereocenters. The molecule has 3 aromatic rings. The van der Waals surface area contributed by atoms with Crippen LogP contribution in [0.4, 0.5) is 0 Å². The van der Waals surface area contributed by atoms with Crippen molar-refractivity contribution in [2.45, 2.75) is 31.8 Å². The normalized spacial score (nSPS) is 18.9. The molecule has 0 bridgehead atoms. The van der Waals surface area contributed by atoms with Crippen molar-refractivity contribution in [3.63, 3.8) is 0 Å². The van der Waals surface area contributed by atoms with Crippen LogP contribution >= 0.6 is 11.3 Å². The SMILES string of the molecule is C=C(NCC(=O)c1nc2ccccc2s1)C1C(C)CCN1C(=O)C(Cc1ccccc1)NC. The van der Waals surface area contributed by atoms with E-state index in [-0.39, 0.29) is 36.2 Å². The van der Waals surface area contributed by atoms with E-state index in [4.69, 9.17) is 0 Å². The summed E-state index contributed by atoms with van der Waals surface area (Å²) in [4.78, 5) is 32.5. The Morgan fingerprint density at radius 1 is 1.18 bits per heavy atom. The average molecular weight is 463 g/mol. The molecule has 3 unspecified atom stereocenters. The van der Waals surface area contributed by atoms with Gasteiger partial charge in [-0.2, -0.15) is 0 Å². The van der Waals surface area contributed by atoms with E-state index in [2.05, 4.69) is 29.1 Å². The number of likely N-dealkylation sites (tertiary alicyclic amines) is 1. The van der Waals surface area contributed by atoms with Gasteiger partial charge in [-0.1, -0.05) is 56.0 Å². The average Bonchev–Trinajstić information content (AvgIpc) is 3.44. The first kappa shape index (κ1) is 23.1. The number of amides is 1. The molecule has 4 rings (SSSR count). The van der Waals surface area contributed by atoms with Crippen LogP contribution in [0.3, 0.4) is 0 Å². The number of hydrogen-bond acceptors (Lipinski definition) is 6. The number of aromatic nitrogens is 1. The minimum Gasteiger partial charge on any atom is -0.380 e. The van der Waals surface area contributed by atoms with Gasteiger partial charge in [0.1, 0.15) is 0 Å². The largest absolute Gasteiger partial charge is 0.380 e. The summed E-state index contributed by atoms with van der Waals surface area (Å²) in [6.45, 7) is 7.13. The number of benzene rings is 2. The summed E-state index contributed by atoms with van der Waals surface area (Å²) >= 11 is 1.40. The zero-order valence-corrected chi connectivity index (χ0v) is 19.9. The molecule has 172 valence electrons. The Hall–Kier alpha value is -3.03. The second-order valence-corrected chi connectivity index (χ2v) is 9.59. The van der Waals surface area contributed by atoms with Crippen molar-refractivity contribution in [1.82, 2.24) is 20.5 Å². The molecule has 1 aliphatic rings. The number of hydrogen-bond donors (Lipinski definition) is 2. The Kier molecular flexibility index (Phi) is 7.20. The van der Waals surface area contributed by atoms with Gasteiger partial charge in [-0.15, -0.1) is 11.3 Å². The molecule has 0 spiro atoms. The Bertz CT molecular complexity index is 1110. The summed E-state index contributed by atoms with van der Waals surface area (Å²) in [5, 5.41) is 6.87. The minimum absolute atomic E-state index is 0.0659. The maximum Gasteiger partial charge on any atom is 0.240 e. The number of nitrogens with zero attached hydrogens (tertiary/aromatic N) is 2. The molecule has 7 heteroatoms. The van der Waals surface area contributed by atoms with Gasteiger partial charge in [0, 0.05) is 12.2 Å². The first-order chi connectivity index (χ1) is 16.0. The monoisotopic (exact) mass is 462 g/mol. The number of carbonyl (C=O) groups is 2. The van der Waals surface area contributed by atoms with Crippen LogP contribution in [0, 0.1) is 5.92 Å². The van der Waals surface area contributed by atoms with Crippen LogP contribution in [-0.2, 0) is 11.2 Å². The third-order valence-electron chi connectivity index (χ3n) is 6.28. The lowest BCUT2D eigenvalue weighted by Crippen LogP contribution is -2.50. The summed E-state index contributed by atoms with van der Waals surface area (Å²) in [7, 11) is 1.82. The predicted octanol–water partition coefficient (Wildman–Crippen LogP) is 3.65. The zero-order chi connectivity index (χ0) is 23.4. The van der Waals surface area contributed by atoms with Crippen molar-refractivity contribution < 1.29 is 9.59 Å². The molecule has 1 aliphatic heterocycles. The van der Waals surface area contributed by atoms with Crippen LogP contribution in [0.25, 0.3) is 10.2 Å². The Balaban J connectivity index is 1.40. The lowest BCUT2D eigenvalue weighted by atomic mass is 9.99. The second kappa shape index (κ2) is 10.3. The molecule has 1 saturated heterocycles. The fourth-order valence-electron chi connectivity index (χ4n) is 4.45. The van der Waals surface area contributed by atoms with Gasteiger partial charge >= 0.3 is 0 Å². The van der Waals surface area contributed by atoms with E-state index in [0.29, 0.717) is 23.7 Å². The van der Waals surface area contributed by atoms with Crippen molar-refractivity contribution in [1.29, 1.82) is 0 Å². The van der Waals surface area contributed by atoms with Crippen molar-refractivity contribution >= 4 is 33.2 Å². The number of likely N-dealkylation sites (N-methyl/N-ethyl adjacent to an activating group) is 1. The lowest BCUT2D eigenvalue weighted by Gasteiger charge is -2.32. The topological polar surface area (TPSA) is 74.3 Å². The van der Waals surface area contributed by atoms with Gasteiger partial charge in [-0.05, 0) is 43.5 Å². The maximum absolute atomic E-state index is 13.4. The highest BCUT2D eigenvalue weighted by molar-refractivity contribution is 7.20. The van der Waals surface area contributed by atoms with E-state index in [1.807, 2.05) is 66.5 Å². The fraction of sp³-hybridized carbons (Fsp3) is 0.346. The Morgan fingerprint density at radius 3 is 2.64 bits per heavy atom. The van der Waals surface area contributed by atoms with Gasteiger partial charge in [0.15, 0.2) is 5.01 Å². The zero-order valence-electron chi connectivity index (χ0n) is 19.1. The van der Waals surface area contributed by atoms with Crippen molar-refractivity contribution in [3.05, 3.63) is 77.4 Å². The van der Waals surface area contributed by atoms with Gasteiger partial charge in [-0.25, -0.2) is 4.98 Å². The molecule has 0 saturated carbocycles. The number of thiazole rings is 1. The predicted molar refractivity (Wildman–Crippen MR) is 133 cm³/mol. The molecule has 2 N–H and O–H groups in total. The van der Waals surface area contributed by atoms with E-state index >= 15 is 0 Å². The van der Waals surface area contributed by atoms with E-state index in [9.17, 15) is 9.59 Å². The highest BCUT2D eigenvalue weighted by atomic mass is 32.1. The van der Waals surface area contributed by atoms with Crippen LogP contribution < -0.4 is 10.6 Å². The van der Waals surface area contributed by atoms with Crippen molar-refractivity contribution in [3.8, 4) is 0 Å². The summed E-state index contributed by atoms with van der Waals surface area (Å²) in [6, 6.07) is 17.3. The highest BCUT2D eigenvalue weighted by Crippen LogP contribution is 2.29. The van der Waals surface area contributed by atoms with Gasteiger partial charge in [0.25, 0.3) is 0 Å². The number of para-hydroxylation sites is 1. The quantitative estimate of drug-likeness (QED) is 0.475. The van der Waals surface area contributed by atoms with E-state index in [0.717, 1.165) is 22.2 Å². The third-order valence-corrected chi connectivity index (χ3v) is 7.36. The van der Waals surface area contributed by atoms with Crippen LogP contribution in [0.15, 0.2) is 66.9 Å². The van der Waals surface area contributed by atoms with E-state index in [1.54, 1.807) is 0 Å². The molecule has 1 amide bonds. The molecular formula is C26H30N4O2S. The highest BCUT2D eigenvalue weighted by Gasteiger charge is 2.38. The van der Waals surface area contributed by atoms with Gasteiger partial charge < -0.3 is 15.5 Å². The lowest BCUT2D eigenvalue weighted by molar-refractivity contribution is -0.133. The Labute approximate surface area is 198 Å². The van der Waals surface area contributed by atoms with Gasteiger partial charge in [0.05, 0.1) is 28.8 Å². The number of nitrogens with one attached hydrogen (secondary N) is 2. The van der Waals surface area contributed by atoms with Crippen molar-refractivity contribution in [2.24, 2.45) is 5.92 Å². The third kappa shape index (κ3) is 5.15. The molecule has 1 fully saturated rings. The van der Waals surface area contributed by atoms with E-state index in [1.165, 1.54) is 11.3 Å². The van der Waals surface area contributed by atoms with Crippen LogP contribution in [-0.4, -0.2) is 53.8 Å². The summed E-state index contributed by atoms with van der Waals surface area (Å²) in [6.07, 6.45) is 1.54. The smallest absolute Gasteiger partial charge is 0.240 e. The number of rotatable bonds is 9. The first-order valence-electron chi connectivity index (χ1n) is 11.3. The molecular weight excluding hydrogens is 432 g/mol. The van der Waals surface area contributed by atoms with Crippen LogP contribution in [0.1, 0.15) is 28.7 Å². The van der Waals surface area contributed by atoms with Crippen molar-refractivity contribution in [2.75, 3.05) is 20.1 Å². The molecule has 0 aliphatic carbocycles. The number of fused-ring (bicyclic) bond motifs is 1. The van der Waals surface area contributed by atoms with Crippen LogP contribution in [0.5, 0.6) is 0 Å². The molecule has 33 heavy (non-hydrogen) atoms. The standard InChI is InChI=1S/C26H30N4O2S/c1-17-13-14-30(26(32)21(27-3)15-19-9-5-4-6-10-19)24(17)18(2)28-16-22(31)25-29-20-11-7-8-12-23(20)33-25/h4-12,17,21,24,27-28H,2,13-16H2,1,3H3. The number of Topliss-reactive ketones (excluding diaryl/α,β-unsaturated/α-hetero) is 1. The summed E-state index contributed by atoms with van der Waals surface area (Å²) < 4.78 is 0.998. The first-order valence-corrected chi connectivity index (χ1v) is 12.1. The minimum atomic E-state index is -0.308. The second-order valence-electron chi connectivity index (χ2n) is 8.56. The molecule has 1 aromatic heterocycles. The number of ketones is 1. The summed E-state index contributed by atoms with van der Waals surface area (Å²) in [5.41, 5.74) is 2.66. The van der Waals surface area contributed by atoms with Crippen LogP contribution in [0.2, 0.25) is 0 Å².